The maximum absolute atomic E-state index is 12.6. The molecule has 0 aliphatic carbocycles. The fourth-order valence-electron chi connectivity index (χ4n) is 4.47. The zero-order chi connectivity index (χ0) is 22.4. The average Bonchev–Trinajstić information content (AvgIpc) is 2.83. The first-order valence-corrected chi connectivity index (χ1v) is 12.4. The van der Waals surface area contributed by atoms with Crippen molar-refractivity contribution >= 4 is 11.7 Å². The summed E-state index contributed by atoms with van der Waals surface area (Å²) in [7, 11) is 0. The molecule has 3 rings (SSSR count). The van der Waals surface area contributed by atoms with Crippen molar-refractivity contribution in [2.45, 2.75) is 63.8 Å². The van der Waals surface area contributed by atoms with Crippen molar-refractivity contribution < 1.29 is 4.79 Å². The van der Waals surface area contributed by atoms with E-state index in [2.05, 4.69) is 27.7 Å². The number of carbonyl (C=O) groups is 1. The molecule has 1 aliphatic heterocycles. The number of nitrogens with one attached hydrogen (secondary N) is 2. The van der Waals surface area contributed by atoms with E-state index < -0.39 is 0 Å². The van der Waals surface area contributed by atoms with Gasteiger partial charge in [-0.2, -0.15) is 0 Å². The largest absolute Gasteiger partial charge is 0.335 e. The van der Waals surface area contributed by atoms with Crippen LogP contribution < -0.4 is 16.4 Å². The number of para-hydroxylation sites is 1. The van der Waals surface area contributed by atoms with Crippen LogP contribution in [0.3, 0.4) is 0 Å². The Morgan fingerprint density at radius 3 is 2.19 bits per heavy atom. The van der Waals surface area contributed by atoms with E-state index in [1.807, 2.05) is 42.5 Å². The SMILES string of the molecule is NCCCCCCCCCN1CCC(NC(=O)Nc2ccccc2-c2ccccc2)CC1. The van der Waals surface area contributed by atoms with Gasteiger partial charge in [0.15, 0.2) is 0 Å². The van der Waals surface area contributed by atoms with Crippen molar-refractivity contribution in [1.82, 2.24) is 10.2 Å². The van der Waals surface area contributed by atoms with Crippen LogP contribution in [0.1, 0.15) is 57.8 Å². The number of nitrogens with two attached hydrogens (primary N) is 1. The summed E-state index contributed by atoms with van der Waals surface area (Å²) in [5, 5.41) is 6.25. The molecule has 5 nitrogen and oxygen atoms in total. The third-order valence-electron chi connectivity index (χ3n) is 6.36. The molecule has 5 heteroatoms. The van der Waals surface area contributed by atoms with Crippen LogP contribution in [0.4, 0.5) is 10.5 Å². The number of amides is 2. The first-order chi connectivity index (χ1) is 15.8. The molecule has 0 saturated carbocycles. The van der Waals surface area contributed by atoms with Gasteiger partial charge in [0.25, 0.3) is 0 Å². The molecule has 0 spiro atoms. The lowest BCUT2D eigenvalue weighted by Gasteiger charge is -2.32. The predicted molar refractivity (Wildman–Crippen MR) is 135 cm³/mol. The summed E-state index contributed by atoms with van der Waals surface area (Å²) < 4.78 is 0. The highest BCUT2D eigenvalue weighted by atomic mass is 16.2. The molecule has 1 saturated heterocycles. The van der Waals surface area contributed by atoms with Crippen LogP contribution >= 0.6 is 0 Å². The van der Waals surface area contributed by atoms with E-state index in [9.17, 15) is 4.79 Å². The number of nitrogens with zero attached hydrogens (tertiary/aromatic N) is 1. The average molecular weight is 437 g/mol. The Morgan fingerprint density at radius 1 is 0.844 bits per heavy atom. The standard InChI is InChI=1S/C27H40N4O/c28-19-11-4-2-1-3-5-12-20-31-21-17-24(18-22-31)29-27(32)30-26-16-10-9-15-25(26)23-13-7-6-8-14-23/h6-10,13-16,24H,1-5,11-12,17-22,28H2,(H2,29,30,32). The van der Waals surface area contributed by atoms with Gasteiger partial charge in [0.05, 0.1) is 5.69 Å². The number of benzene rings is 2. The molecule has 1 heterocycles. The highest BCUT2D eigenvalue weighted by Crippen LogP contribution is 2.27. The van der Waals surface area contributed by atoms with E-state index in [4.69, 9.17) is 5.73 Å². The molecule has 1 fully saturated rings. The van der Waals surface area contributed by atoms with Crippen LogP contribution in [-0.2, 0) is 0 Å². The van der Waals surface area contributed by atoms with Gasteiger partial charge in [-0.25, -0.2) is 4.79 Å². The highest BCUT2D eigenvalue weighted by Gasteiger charge is 2.20. The first-order valence-electron chi connectivity index (χ1n) is 12.4. The fraction of sp³-hybridized carbons (Fsp3) is 0.519. The minimum atomic E-state index is -0.110. The van der Waals surface area contributed by atoms with Crippen molar-refractivity contribution in [3.8, 4) is 11.1 Å². The lowest BCUT2D eigenvalue weighted by molar-refractivity contribution is 0.193. The van der Waals surface area contributed by atoms with Gasteiger partial charge in [0, 0.05) is 24.7 Å². The Balaban J connectivity index is 1.33. The molecule has 0 bridgehead atoms. The van der Waals surface area contributed by atoms with Crippen LogP contribution in [0.25, 0.3) is 11.1 Å². The summed E-state index contributed by atoms with van der Waals surface area (Å²) in [5.74, 6) is 0. The third-order valence-corrected chi connectivity index (χ3v) is 6.36. The summed E-state index contributed by atoms with van der Waals surface area (Å²) in [4.78, 5) is 15.2. The van der Waals surface area contributed by atoms with E-state index in [0.29, 0.717) is 0 Å². The van der Waals surface area contributed by atoms with E-state index in [1.54, 1.807) is 0 Å². The zero-order valence-corrected chi connectivity index (χ0v) is 19.4. The predicted octanol–water partition coefficient (Wildman–Crippen LogP) is 5.63. The van der Waals surface area contributed by atoms with Gasteiger partial charge >= 0.3 is 6.03 Å². The lowest BCUT2D eigenvalue weighted by Crippen LogP contribution is -2.46. The minimum absolute atomic E-state index is 0.110. The summed E-state index contributed by atoms with van der Waals surface area (Å²) in [6, 6.07) is 18.3. The molecule has 2 amide bonds. The second-order valence-electron chi connectivity index (χ2n) is 8.89. The van der Waals surface area contributed by atoms with E-state index in [1.165, 1.54) is 51.5 Å². The molecule has 2 aromatic rings. The molecule has 174 valence electrons. The Morgan fingerprint density at radius 2 is 1.47 bits per heavy atom. The number of urea groups is 1. The van der Waals surface area contributed by atoms with Crippen LogP contribution in [-0.4, -0.2) is 43.2 Å². The van der Waals surface area contributed by atoms with Crippen LogP contribution in [0, 0.1) is 0 Å². The Bertz CT molecular complexity index is 787. The van der Waals surface area contributed by atoms with Crippen molar-refractivity contribution in [3.63, 3.8) is 0 Å². The number of hydrogen-bond donors (Lipinski definition) is 3. The van der Waals surface area contributed by atoms with Gasteiger partial charge in [-0.15, -0.1) is 0 Å². The topological polar surface area (TPSA) is 70.4 Å². The van der Waals surface area contributed by atoms with E-state index in [-0.39, 0.29) is 12.1 Å². The Hall–Kier alpha value is -2.37. The lowest BCUT2D eigenvalue weighted by atomic mass is 10.0. The van der Waals surface area contributed by atoms with Crippen molar-refractivity contribution in [3.05, 3.63) is 54.6 Å². The molecule has 0 unspecified atom stereocenters. The monoisotopic (exact) mass is 436 g/mol. The normalized spacial score (nSPS) is 14.9. The fourth-order valence-corrected chi connectivity index (χ4v) is 4.47. The quantitative estimate of drug-likeness (QED) is 0.378. The van der Waals surface area contributed by atoms with E-state index in [0.717, 1.165) is 49.3 Å². The van der Waals surface area contributed by atoms with E-state index >= 15 is 0 Å². The highest BCUT2D eigenvalue weighted by molar-refractivity contribution is 5.94. The molecule has 1 aliphatic rings. The molecular weight excluding hydrogens is 396 g/mol. The van der Waals surface area contributed by atoms with Crippen LogP contribution in [0.5, 0.6) is 0 Å². The maximum atomic E-state index is 12.6. The van der Waals surface area contributed by atoms with Gasteiger partial charge in [-0.05, 0) is 50.4 Å². The van der Waals surface area contributed by atoms with Gasteiger partial charge in [-0.3, -0.25) is 0 Å². The van der Waals surface area contributed by atoms with Gasteiger partial charge in [-0.1, -0.05) is 80.6 Å². The second-order valence-corrected chi connectivity index (χ2v) is 8.89. The van der Waals surface area contributed by atoms with Crippen LogP contribution in [0.2, 0.25) is 0 Å². The summed E-state index contributed by atoms with van der Waals surface area (Å²) in [6.45, 7) is 4.16. The molecular formula is C27H40N4O. The number of unbranched alkanes of at least 4 members (excludes halogenated alkanes) is 6. The Kier molecular flexibility index (Phi) is 10.6. The summed E-state index contributed by atoms with van der Waals surface area (Å²) >= 11 is 0. The maximum Gasteiger partial charge on any atom is 0.319 e. The molecule has 0 atom stereocenters. The molecule has 0 aromatic heterocycles. The second kappa shape index (κ2) is 13.9. The number of likely N-dealkylation sites (tertiary alicyclic amines) is 1. The summed E-state index contributed by atoms with van der Waals surface area (Å²) in [6.07, 6.45) is 11.1. The smallest absolute Gasteiger partial charge is 0.319 e. The van der Waals surface area contributed by atoms with Crippen molar-refractivity contribution in [1.29, 1.82) is 0 Å². The number of carbonyl (C=O) groups excluding carboxylic acids is 1. The summed E-state index contributed by atoms with van der Waals surface area (Å²) in [5.41, 5.74) is 8.53. The van der Waals surface area contributed by atoms with Crippen molar-refractivity contribution in [2.75, 3.05) is 31.5 Å². The van der Waals surface area contributed by atoms with Crippen LogP contribution in [0.15, 0.2) is 54.6 Å². The molecule has 4 N–H and O–H groups in total. The first kappa shape index (κ1) is 24.3. The number of hydrogen-bond acceptors (Lipinski definition) is 3. The number of anilines is 1. The third kappa shape index (κ3) is 8.29. The van der Waals surface area contributed by atoms with Gasteiger partial charge in [0.1, 0.15) is 0 Å². The van der Waals surface area contributed by atoms with Gasteiger partial charge < -0.3 is 21.3 Å². The Labute approximate surface area is 193 Å². The molecule has 2 aromatic carbocycles. The minimum Gasteiger partial charge on any atom is -0.335 e. The van der Waals surface area contributed by atoms with Crippen molar-refractivity contribution in [2.24, 2.45) is 5.73 Å². The van der Waals surface area contributed by atoms with Gasteiger partial charge in [0.2, 0.25) is 0 Å². The number of rotatable bonds is 12. The zero-order valence-electron chi connectivity index (χ0n) is 19.4. The number of piperidine rings is 1. The molecule has 0 radical (unpaired) electrons. The molecule has 32 heavy (non-hydrogen) atoms.